The van der Waals surface area contributed by atoms with Crippen LogP contribution in [0.3, 0.4) is 0 Å². The van der Waals surface area contributed by atoms with Gasteiger partial charge < -0.3 is 5.11 Å². The van der Waals surface area contributed by atoms with Crippen molar-refractivity contribution in [3.05, 3.63) is 69.9 Å². The summed E-state index contributed by atoms with van der Waals surface area (Å²) in [5.41, 5.74) is 2.03. The van der Waals surface area contributed by atoms with Crippen LogP contribution in [-0.4, -0.2) is 11.2 Å². The van der Waals surface area contributed by atoms with Gasteiger partial charge in [0.05, 0.1) is 10.6 Å². The van der Waals surface area contributed by atoms with Gasteiger partial charge in [0.2, 0.25) is 0 Å². The Morgan fingerprint density at radius 3 is 2.33 bits per heavy atom. The van der Waals surface area contributed by atoms with Gasteiger partial charge in [-0.05, 0) is 52.0 Å². The maximum absolute atomic E-state index is 13.1. The lowest BCUT2D eigenvalue weighted by Gasteiger charge is -2.11. The van der Waals surface area contributed by atoms with E-state index in [1.807, 2.05) is 30.3 Å². The Labute approximate surface area is 114 Å². The third-order valence-corrected chi connectivity index (χ3v) is 3.38. The molecule has 2 aromatic rings. The van der Waals surface area contributed by atoms with Crippen LogP contribution >= 0.6 is 15.9 Å². The molecule has 94 valence electrons. The maximum Gasteiger partial charge on any atom is 0.137 e. The molecular weight excluding hydrogens is 295 g/mol. The molecule has 1 atom stereocenters. The van der Waals surface area contributed by atoms with E-state index in [1.165, 1.54) is 6.07 Å². The molecule has 1 unspecified atom stereocenters. The average molecular weight is 309 g/mol. The molecule has 2 aromatic carbocycles. The molecule has 0 aliphatic heterocycles. The highest BCUT2D eigenvalue weighted by Crippen LogP contribution is 2.18. The van der Waals surface area contributed by atoms with E-state index in [1.54, 1.807) is 12.1 Å². The van der Waals surface area contributed by atoms with E-state index in [4.69, 9.17) is 0 Å². The summed E-state index contributed by atoms with van der Waals surface area (Å²) >= 11 is 3.15. The van der Waals surface area contributed by atoms with Crippen LogP contribution in [0.15, 0.2) is 53.0 Å². The second-order valence-corrected chi connectivity index (χ2v) is 5.15. The Morgan fingerprint density at radius 1 is 1.00 bits per heavy atom. The summed E-state index contributed by atoms with van der Waals surface area (Å²) in [7, 11) is 0. The quantitative estimate of drug-likeness (QED) is 0.912. The predicted molar refractivity (Wildman–Crippen MR) is 74.0 cm³/mol. The molecule has 0 saturated carbocycles. The van der Waals surface area contributed by atoms with Crippen LogP contribution in [0.2, 0.25) is 0 Å². The van der Waals surface area contributed by atoms with E-state index in [0.29, 0.717) is 17.3 Å². The van der Waals surface area contributed by atoms with Crippen molar-refractivity contribution >= 4 is 15.9 Å². The Morgan fingerprint density at radius 2 is 1.67 bits per heavy atom. The standard InChI is InChI=1S/C15H14BrFO/c16-14-10-12(6-7-15(14)17)9-13(18)8-11-4-2-1-3-5-11/h1-7,10,13,18H,8-9H2. The van der Waals surface area contributed by atoms with Gasteiger partial charge in [0.25, 0.3) is 0 Å². The molecular formula is C15H14BrFO. The fourth-order valence-corrected chi connectivity index (χ4v) is 2.32. The van der Waals surface area contributed by atoms with Crippen LogP contribution in [0.1, 0.15) is 11.1 Å². The second kappa shape index (κ2) is 6.12. The molecule has 0 aliphatic rings. The molecule has 18 heavy (non-hydrogen) atoms. The summed E-state index contributed by atoms with van der Waals surface area (Å²) in [5.74, 6) is -0.281. The number of halogens is 2. The molecule has 1 N–H and O–H groups in total. The molecule has 2 rings (SSSR count). The van der Waals surface area contributed by atoms with E-state index in [-0.39, 0.29) is 5.82 Å². The highest BCUT2D eigenvalue weighted by molar-refractivity contribution is 9.10. The number of aliphatic hydroxyl groups excluding tert-OH is 1. The molecule has 0 fully saturated rings. The largest absolute Gasteiger partial charge is 0.392 e. The molecule has 3 heteroatoms. The Kier molecular flexibility index (Phi) is 4.50. The summed E-state index contributed by atoms with van der Waals surface area (Å²) in [6.45, 7) is 0. The lowest BCUT2D eigenvalue weighted by atomic mass is 10.0. The topological polar surface area (TPSA) is 20.2 Å². The summed E-state index contributed by atoms with van der Waals surface area (Å²) in [5, 5.41) is 10.0. The minimum Gasteiger partial charge on any atom is -0.392 e. The zero-order chi connectivity index (χ0) is 13.0. The van der Waals surface area contributed by atoms with Crippen molar-refractivity contribution in [3.63, 3.8) is 0 Å². The van der Waals surface area contributed by atoms with E-state index < -0.39 is 6.10 Å². The fourth-order valence-electron chi connectivity index (χ4n) is 1.90. The number of benzene rings is 2. The molecule has 1 nitrogen and oxygen atoms in total. The number of rotatable bonds is 4. The van der Waals surface area contributed by atoms with Gasteiger partial charge in [-0.1, -0.05) is 36.4 Å². The van der Waals surface area contributed by atoms with Crippen molar-refractivity contribution in [3.8, 4) is 0 Å². The summed E-state index contributed by atoms with van der Waals surface area (Å²) in [6, 6.07) is 14.7. The SMILES string of the molecule is OC(Cc1ccccc1)Cc1ccc(F)c(Br)c1. The lowest BCUT2D eigenvalue weighted by molar-refractivity contribution is 0.175. The van der Waals surface area contributed by atoms with E-state index >= 15 is 0 Å². The molecule has 0 spiro atoms. The molecule has 0 aliphatic carbocycles. The zero-order valence-corrected chi connectivity index (χ0v) is 11.4. The highest BCUT2D eigenvalue weighted by Gasteiger charge is 2.08. The van der Waals surface area contributed by atoms with Crippen molar-refractivity contribution in [2.75, 3.05) is 0 Å². The number of hydrogen-bond donors (Lipinski definition) is 1. The zero-order valence-electron chi connectivity index (χ0n) is 9.81. The van der Waals surface area contributed by atoms with Crippen molar-refractivity contribution in [2.24, 2.45) is 0 Å². The summed E-state index contributed by atoms with van der Waals surface area (Å²) in [4.78, 5) is 0. The monoisotopic (exact) mass is 308 g/mol. The smallest absolute Gasteiger partial charge is 0.137 e. The van der Waals surface area contributed by atoms with Gasteiger partial charge in [0.1, 0.15) is 5.82 Å². The van der Waals surface area contributed by atoms with Gasteiger partial charge in [-0.2, -0.15) is 0 Å². The average Bonchev–Trinajstić information content (AvgIpc) is 2.35. The van der Waals surface area contributed by atoms with Gasteiger partial charge >= 0.3 is 0 Å². The van der Waals surface area contributed by atoms with Crippen LogP contribution in [-0.2, 0) is 12.8 Å². The summed E-state index contributed by atoms with van der Waals surface area (Å²) < 4.78 is 13.5. The highest BCUT2D eigenvalue weighted by atomic mass is 79.9. The molecule has 0 radical (unpaired) electrons. The first kappa shape index (κ1) is 13.2. The van der Waals surface area contributed by atoms with Gasteiger partial charge in [-0.25, -0.2) is 4.39 Å². The van der Waals surface area contributed by atoms with Crippen LogP contribution in [0.5, 0.6) is 0 Å². The van der Waals surface area contributed by atoms with Crippen molar-refractivity contribution < 1.29 is 9.50 Å². The third-order valence-electron chi connectivity index (χ3n) is 2.77. The van der Waals surface area contributed by atoms with Gasteiger partial charge in [-0.3, -0.25) is 0 Å². The van der Waals surface area contributed by atoms with Gasteiger partial charge in [0, 0.05) is 0 Å². The number of hydrogen-bond acceptors (Lipinski definition) is 1. The number of aliphatic hydroxyl groups is 1. The van der Waals surface area contributed by atoms with Gasteiger partial charge in [0.15, 0.2) is 0 Å². The maximum atomic E-state index is 13.1. The minimum atomic E-state index is -0.454. The van der Waals surface area contributed by atoms with E-state index in [9.17, 15) is 9.50 Å². The Hall–Kier alpha value is -1.19. The van der Waals surface area contributed by atoms with Crippen LogP contribution in [0.4, 0.5) is 4.39 Å². The Balaban J connectivity index is 1.99. The normalized spacial score (nSPS) is 12.4. The predicted octanol–water partition coefficient (Wildman–Crippen LogP) is 3.73. The lowest BCUT2D eigenvalue weighted by Crippen LogP contribution is -2.13. The van der Waals surface area contributed by atoms with Crippen LogP contribution < -0.4 is 0 Å². The van der Waals surface area contributed by atoms with Gasteiger partial charge in [-0.15, -0.1) is 0 Å². The molecule has 0 aromatic heterocycles. The molecule has 0 heterocycles. The van der Waals surface area contributed by atoms with E-state index in [0.717, 1.165) is 11.1 Å². The molecule has 0 bridgehead atoms. The van der Waals surface area contributed by atoms with Crippen molar-refractivity contribution in [1.82, 2.24) is 0 Å². The Bertz CT molecular complexity index is 513. The molecule has 0 amide bonds. The summed E-state index contributed by atoms with van der Waals surface area (Å²) in [6.07, 6.45) is 0.675. The first-order valence-corrected chi connectivity index (χ1v) is 6.60. The third kappa shape index (κ3) is 3.65. The van der Waals surface area contributed by atoms with Crippen molar-refractivity contribution in [1.29, 1.82) is 0 Å². The first-order valence-electron chi connectivity index (χ1n) is 5.81. The van der Waals surface area contributed by atoms with Crippen LogP contribution in [0, 0.1) is 5.82 Å². The fraction of sp³-hybridized carbons (Fsp3) is 0.200. The minimum absolute atomic E-state index is 0.281. The van der Waals surface area contributed by atoms with E-state index in [2.05, 4.69) is 15.9 Å². The van der Waals surface area contributed by atoms with Crippen LogP contribution in [0.25, 0.3) is 0 Å². The first-order chi connectivity index (χ1) is 8.65. The van der Waals surface area contributed by atoms with Crippen molar-refractivity contribution in [2.45, 2.75) is 18.9 Å². The molecule has 0 saturated heterocycles. The second-order valence-electron chi connectivity index (χ2n) is 4.30.